The van der Waals surface area contributed by atoms with Gasteiger partial charge in [0, 0.05) is 23.8 Å². The lowest BCUT2D eigenvalue weighted by molar-refractivity contribution is 0.531. The fraction of sp³-hybridized carbons (Fsp3) is 0.393. The van der Waals surface area contributed by atoms with Crippen molar-refractivity contribution >= 4 is 33.6 Å². The zero-order valence-electron chi connectivity index (χ0n) is 20.4. The summed E-state index contributed by atoms with van der Waals surface area (Å²) in [5.74, 6) is 0.898. The van der Waals surface area contributed by atoms with Crippen LogP contribution in [0.3, 0.4) is 0 Å². The van der Waals surface area contributed by atoms with Crippen LogP contribution < -0.4 is 11.2 Å². The Morgan fingerprint density at radius 3 is 2.59 bits per heavy atom. The summed E-state index contributed by atoms with van der Waals surface area (Å²) in [6.07, 6.45) is 4.33. The van der Waals surface area contributed by atoms with E-state index in [2.05, 4.69) is 26.8 Å². The highest BCUT2D eigenvalue weighted by Gasteiger charge is 2.15. The molecule has 0 saturated carbocycles. The Hall–Kier alpha value is -2.86. The highest BCUT2D eigenvalue weighted by atomic mass is 32.2. The zero-order valence-corrected chi connectivity index (χ0v) is 21.2. The average molecular weight is 477 g/mol. The largest absolute Gasteiger partial charge is 0.423 e. The second kappa shape index (κ2) is 10.6. The van der Waals surface area contributed by atoms with Crippen LogP contribution in [0.1, 0.15) is 69.1 Å². The molecule has 0 saturated heterocycles. The molecule has 4 rings (SSSR count). The van der Waals surface area contributed by atoms with Gasteiger partial charge < -0.3 is 4.42 Å². The quantitative estimate of drug-likeness (QED) is 0.115. The van der Waals surface area contributed by atoms with Crippen LogP contribution in [0.2, 0.25) is 0 Å². The Balaban J connectivity index is 1.73. The Morgan fingerprint density at radius 2 is 1.82 bits per heavy atom. The number of nitrogens with zero attached hydrogens (tertiary/aromatic N) is 2. The molecule has 2 aromatic carbocycles. The molecule has 0 aliphatic rings. The topological polar surface area (TPSA) is 65.1 Å². The predicted molar refractivity (Wildman–Crippen MR) is 141 cm³/mol. The van der Waals surface area contributed by atoms with Crippen molar-refractivity contribution < 1.29 is 4.42 Å². The molecule has 0 unspecified atom stereocenters. The Morgan fingerprint density at radius 1 is 1.03 bits per heavy atom. The minimum atomic E-state index is -0.358. The molecule has 2 heterocycles. The highest BCUT2D eigenvalue weighted by molar-refractivity contribution is 7.98. The van der Waals surface area contributed by atoms with Crippen LogP contribution in [-0.4, -0.2) is 9.55 Å². The third-order valence-corrected chi connectivity index (χ3v) is 7.28. The van der Waals surface area contributed by atoms with Gasteiger partial charge in [-0.05, 0) is 60.2 Å². The lowest BCUT2D eigenvalue weighted by Crippen LogP contribution is -2.23. The van der Waals surface area contributed by atoms with Gasteiger partial charge in [-0.25, -0.2) is 9.78 Å². The summed E-state index contributed by atoms with van der Waals surface area (Å²) in [5, 5.41) is 2.28. The lowest BCUT2D eigenvalue weighted by atomic mass is 9.95. The minimum Gasteiger partial charge on any atom is -0.423 e. The fourth-order valence-electron chi connectivity index (χ4n) is 4.43. The van der Waals surface area contributed by atoms with E-state index in [0.29, 0.717) is 39.9 Å². The number of rotatable bonds is 9. The van der Waals surface area contributed by atoms with Crippen LogP contribution in [-0.2, 0) is 12.3 Å². The molecule has 5 nitrogen and oxygen atoms in total. The molecule has 0 fully saturated rings. The second-order valence-electron chi connectivity index (χ2n) is 9.17. The van der Waals surface area contributed by atoms with E-state index in [-0.39, 0.29) is 11.2 Å². The SMILES string of the molecule is CCCCCCn1c(SCc2cc(=O)oc3cc(C)c(C(C)C)cc23)nc2ccccc2c1=O. The maximum absolute atomic E-state index is 13.3. The number of thioether (sulfide) groups is 1. The van der Waals surface area contributed by atoms with Crippen molar-refractivity contribution in [2.24, 2.45) is 0 Å². The zero-order chi connectivity index (χ0) is 24.2. The number of hydrogen-bond donors (Lipinski definition) is 0. The van der Waals surface area contributed by atoms with Crippen molar-refractivity contribution in [2.75, 3.05) is 0 Å². The van der Waals surface area contributed by atoms with Crippen LogP contribution in [0.25, 0.3) is 21.9 Å². The molecule has 0 spiro atoms. The molecule has 0 bridgehead atoms. The molecule has 0 N–H and O–H groups in total. The number of aryl methyl sites for hydroxylation is 1. The smallest absolute Gasteiger partial charge is 0.336 e. The third-order valence-electron chi connectivity index (χ3n) is 6.26. The van der Waals surface area contributed by atoms with Crippen LogP contribution in [0, 0.1) is 6.92 Å². The number of fused-ring (bicyclic) bond motifs is 2. The number of unbranched alkanes of at least 4 members (excludes halogenated alkanes) is 3. The van der Waals surface area contributed by atoms with E-state index >= 15 is 0 Å². The highest BCUT2D eigenvalue weighted by Crippen LogP contribution is 2.30. The molecule has 0 atom stereocenters. The lowest BCUT2D eigenvalue weighted by Gasteiger charge is -2.15. The van der Waals surface area contributed by atoms with Crippen molar-refractivity contribution in [1.82, 2.24) is 9.55 Å². The van der Waals surface area contributed by atoms with Crippen molar-refractivity contribution in [3.8, 4) is 0 Å². The first-order chi connectivity index (χ1) is 16.4. The van der Waals surface area contributed by atoms with Gasteiger partial charge in [0.05, 0.1) is 10.9 Å². The van der Waals surface area contributed by atoms with E-state index in [0.717, 1.165) is 42.2 Å². The summed E-state index contributed by atoms with van der Waals surface area (Å²) >= 11 is 1.51. The van der Waals surface area contributed by atoms with Gasteiger partial charge in [-0.3, -0.25) is 9.36 Å². The number of aromatic nitrogens is 2. The van der Waals surface area contributed by atoms with E-state index in [9.17, 15) is 9.59 Å². The van der Waals surface area contributed by atoms with Crippen LogP contribution in [0.5, 0.6) is 0 Å². The molecule has 178 valence electrons. The molecule has 4 aromatic rings. The van der Waals surface area contributed by atoms with Gasteiger partial charge in [-0.1, -0.05) is 63.9 Å². The van der Waals surface area contributed by atoms with E-state index in [1.54, 1.807) is 10.6 Å². The first kappa shape index (κ1) is 24.3. The normalized spacial score (nSPS) is 11.7. The number of para-hydroxylation sites is 1. The standard InChI is InChI=1S/C28H32N2O3S/c1-5-6-7-10-13-30-27(32)21-11-8-9-12-24(21)29-28(30)34-17-20-15-26(31)33-25-14-19(4)22(18(2)3)16-23(20)25/h8-9,11-12,14-16,18H,5-7,10,13,17H2,1-4H3. The van der Waals surface area contributed by atoms with Crippen molar-refractivity contribution in [3.05, 3.63) is 79.9 Å². The van der Waals surface area contributed by atoms with Gasteiger partial charge in [-0.2, -0.15) is 0 Å². The van der Waals surface area contributed by atoms with E-state index in [4.69, 9.17) is 9.40 Å². The summed E-state index contributed by atoms with van der Waals surface area (Å²) in [5.41, 5.74) is 4.21. The van der Waals surface area contributed by atoms with E-state index < -0.39 is 0 Å². The molecule has 0 amide bonds. The maximum Gasteiger partial charge on any atom is 0.336 e. The summed E-state index contributed by atoms with van der Waals surface area (Å²) in [4.78, 5) is 30.4. The fourth-order valence-corrected chi connectivity index (χ4v) is 5.44. The predicted octanol–water partition coefficient (Wildman–Crippen LogP) is 6.81. The average Bonchev–Trinajstić information content (AvgIpc) is 2.80. The number of benzene rings is 2. The van der Waals surface area contributed by atoms with Crippen LogP contribution >= 0.6 is 11.8 Å². The Kier molecular flexibility index (Phi) is 7.57. The molecule has 0 radical (unpaired) electrons. The van der Waals surface area contributed by atoms with Gasteiger partial charge in [0.25, 0.3) is 5.56 Å². The molecule has 0 aliphatic heterocycles. The molecule has 0 aliphatic carbocycles. The first-order valence-electron chi connectivity index (χ1n) is 12.1. The van der Waals surface area contributed by atoms with Crippen LogP contribution in [0.15, 0.2) is 61.6 Å². The molecular formula is C28H32N2O3S. The van der Waals surface area contributed by atoms with Crippen LogP contribution in [0.4, 0.5) is 0 Å². The summed E-state index contributed by atoms with van der Waals surface area (Å²) in [6.45, 7) is 9.20. The van der Waals surface area contributed by atoms with Crippen molar-refractivity contribution in [1.29, 1.82) is 0 Å². The Bertz CT molecular complexity index is 1440. The third kappa shape index (κ3) is 5.12. The van der Waals surface area contributed by atoms with E-state index in [1.165, 1.54) is 17.3 Å². The summed E-state index contributed by atoms with van der Waals surface area (Å²) in [6, 6.07) is 13.2. The second-order valence-corrected chi connectivity index (χ2v) is 10.1. The van der Waals surface area contributed by atoms with Gasteiger partial charge in [-0.15, -0.1) is 0 Å². The maximum atomic E-state index is 13.3. The van der Waals surface area contributed by atoms with Gasteiger partial charge in [0.15, 0.2) is 5.16 Å². The van der Waals surface area contributed by atoms with Crippen molar-refractivity contribution in [2.45, 2.75) is 76.8 Å². The summed E-state index contributed by atoms with van der Waals surface area (Å²) in [7, 11) is 0. The monoisotopic (exact) mass is 476 g/mol. The minimum absolute atomic E-state index is 0.000231. The van der Waals surface area contributed by atoms with Gasteiger partial charge >= 0.3 is 5.63 Å². The van der Waals surface area contributed by atoms with Crippen molar-refractivity contribution in [3.63, 3.8) is 0 Å². The molecular weight excluding hydrogens is 444 g/mol. The van der Waals surface area contributed by atoms with Gasteiger partial charge in [0.2, 0.25) is 0 Å². The first-order valence-corrected chi connectivity index (χ1v) is 13.1. The van der Waals surface area contributed by atoms with Gasteiger partial charge in [0.1, 0.15) is 5.58 Å². The van der Waals surface area contributed by atoms with E-state index in [1.807, 2.05) is 37.3 Å². The number of hydrogen-bond acceptors (Lipinski definition) is 5. The summed E-state index contributed by atoms with van der Waals surface area (Å²) < 4.78 is 7.32. The Labute approximate surface area is 204 Å². The molecule has 2 aromatic heterocycles. The molecule has 6 heteroatoms. The molecule has 34 heavy (non-hydrogen) atoms.